The highest BCUT2D eigenvalue weighted by atomic mass is 15.3. The van der Waals surface area contributed by atoms with E-state index in [0.29, 0.717) is 0 Å². The normalized spacial score (nSPS) is 12.7. The van der Waals surface area contributed by atoms with Crippen molar-refractivity contribution in [2.24, 2.45) is 7.05 Å². The zero-order chi connectivity index (χ0) is 14.8. The summed E-state index contributed by atoms with van der Waals surface area (Å²) < 4.78 is 1.97. The second-order valence-corrected chi connectivity index (χ2v) is 5.50. The molecule has 0 spiro atoms. The van der Waals surface area contributed by atoms with Crippen molar-refractivity contribution in [1.29, 1.82) is 0 Å². The zero-order valence-electron chi connectivity index (χ0n) is 12.8. The molecule has 21 heavy (non-hydrogen) atoms. The summed E-state index contributed by atoms with van der Waals surface area (Å²) in [7, 11) is 4.01. The van der Waals surface area contributed by atoms with Gasteiger partial charge in [0.05, 0.1) is 17.3 Å². The van der Waals surface area contributed by atoms with E-state index in [1.807, 2.05) is 18.8 Å². The number of fused-ring (bicyclic) bond motifs is 1. The third kappa shape index (κ3) is 2.57. The van der Waals surface area contributed by atoms with Gasteiger partial charge in [-0.2, -0.15) is 5.10 Å². The molecule has 3 nitrogen and oxygen atoms in total. The fraction of sp³-hybridized carbons (Fsp3) is 0.278. The van der Waals surface area contributed by atoms with Gasteiger partial charge in [0.25, 0.3) is 0 Å². The number of aromatic nitrogens is 2. The van der Waals surface area contributed by atoms with Crippen LogP contribution in [0.15, 0.2) is 48.5 Å². The average Bonchev–Trinajstić information content (AvgIpc) is 2.84. The van der Waals surface area contributed by atoms with Crippen molar-refractivity contribution in [3.05, 3.63) is 65.4 Å². The summed E-state index contributed by atoms with van der Waals surface area (Å²) in [5.41, 5.74) is 5.00. The first-order valence-electron chi connectivity index (χ1n) is 7.34. The van der Waals surface area contributed by atoms with Gasteiger partial charge in [-0.1, -0.05) is 42.5 Å². The average molecular weight is 279 g/mol. The number of hydrogen-bond donors (Lipinski definition) is 1. The Morgan fingerprint density at radius 1 is 1.10 bits per heavy atom. The van der Waals surface area contributed by atoms with Crippen LogP contribution in [0, 0.1) is 6.92 Å². The molecule has 1 unspecified atom stereocenters. The molecule has 0 saturated heterocycles. The fourth-order valence-corrected chi connectivity index (χ4v) is 2.89. The van der Waals surface area contributed by atoms with Crippen molar-refractivity contribution in [3.8, 4) is 0 Å². The van der Waals surface area contributed by atoms with Crippen molar-refractivity contribution in [3.63, 3.8) is 0 Å². The number of hydrogen-bond acceptors (Lipinski definition) is 2. The minimum Gasteiger partial charge on any atom is -0.311 e. The Balaban J connectivity index is 2.01. The summed E-state index contributed by atoms with van der Waals surface area (Å²) in [6.07, 6.45) is 0.949. The summed E-state index contributed by atoms with van der Waals surface area (Å²) in [6.45, 7) is 2.17. The molecule has 0 bridgehead atoms. The molecule has 0 amide bonds. The Labute approximate surface area is 125 Å². The van der Waals surface area contributed by atoms with Crippen LogP contribution in [0.3, 0.4) is 0 Å². The van der Waals surface area contributed by atoms with Gasteiger partial charge in [0, 0.05) is 12.4 Å². The van der Waals surface area contributed by atoms with Crippen LogP contribution in [0.25, 0.3) is 10.9 Å². The fourth-order valence-electron chi connectivity index (χ4n) is 2.89. The number of nitrogens with zero attached hydrogens (tertiary/aromatic N) is 2. The van der Waals surface area contributed by atoms with Crippen molar-refractivity contribution in [1.82, 2.24) is 15.1 Å². The SMILES string of the molecule is CNC(Cc1ccccc1C)c1nn(C)c2ccccc12. The highest BCUT2D eigenvalue weighted by Gasteiger charge is 2.18. The first-order valence-corrected chi connectivity index (χ1v) is 7.34. The predicted molar refractivity (Wildman–Crippen MR) is 87.4 cm³/mol. The quantitative estimate of drug-likeness (QED) is 0.793. The molecule has 0 aliphatic carbocycles. The number of para-hydroxylation sites is 1. The van der Waals surface area contributed by atoms with Crippen LogP contribution in [0.2, 0.25) is 0 Å². The van der Waals surface area contributed by atoms with Crippen LogP contribution in [0.1, 0.15) is 22.9 Å². The first-order chi connectivity index (χ1) is 10.2. The van der Waals surface area contributed by atoms with E-state index in [2.05, 4.69) is 60.8 Å². The lowest BCUT2D eigenvalue weighted by molar-refractivity contribution is 0.566. The maximum atomic E-state index is 4.74. The third-order valence-electron chi connectivity index (χ3n) is 4.15. The maximum absolute atomic E-state index is 4.74. The summed E-state index contributed by atoms with van der Waals surface area (Å²) in [4.78, 5) is 0. The second kappa shape index (κ2) is 5.70. The van der Waals surface area contributed by atoms with Gasteiger partial charge in [-0.05, 0) is 37.6 Å². The zero-order valence-corrected chi connectivity index (χ0v) is 12.8. The minimum absolute atomic E-state index is 0.220. The van der Waals surface area contributed by atoms with Crippen LogP contribution in [0.4, 0.5) is 0 Å². The Morgan fingerprint density at radius 2 is 1.81 bits per heavy atom. The Morgan fingerprint density at radius 3 is 2.57 bits per heavy atom. The highest BCUT2D eigenvalue weighted by molar-refractivity contribution is 5.82. The van der Waals surface area contributed by atoms with E-state index < -0.39 is 0 Å². The maximum Gasteiger partial charge on any atom is 0.0875 e. The molecule has 1 heterocycles. The van der Waals surface area contributed by atoms with Crippen LogP contribution < -0.4 is 5.32 Å². The molecule has 3 heteroatoms. The van der Waals surface area contributed by atoms with E-state index in [1.165, 1.54) is 22.0 Å². The van der Waals surface area contributed by atoms with Crippen molar-refractivity contribution < 1.29 is 0 Å². The van der Waals surface area contributed by atoms with Crippen molar-refractivity contribution >= 4 is 10.9 Å². The van der Waals surface area contributed by atoms with Gasteiger partial charge in [0.1, 0.15) is 0 Å². The minimum atomic E-state index is 0.220. The van der Waals surface area contributed by atoms with E-state index in [1.54, 1.807) is 0 Å². The van der Waals surface area contributed by atoms with E-state index in [4.69, 9.17) is 5.10 Å². The lowest BCUT2D eigenvalue weighted by atomic mass is 9.98. The van der Waals surface area contributed by atoms with Gasteiger partial charge in [-0.15, -0.1) is 0 Å². The van der Waals surface area contributed by atoms with Crippen LogP contribution in [0.5, 0.6) is 0 Å². The third-order valence-corrected chi connectivity index (χ3v) is 4.15. The van der Waals surface area contributed by atoms with Crippen molar-refractivity contribution in [2.45, 2.75) is 19.4 Å². The first kappa shape index (κ1) is 13.8. The smallest absolute Gasteiger partial charge is 0.0875 e. The topological polar surface area (TPSA) is 29.9 Å². The number of rotatable bonds is 4. The van der Waals surface area contributed by atoms with Gasteiger partial charge >= 0.3 is 0 Å². The molecule has 0 radical (unpaired) electrons. The van der Waals surface area contributed by atoms with Crippen molar-refractivity contribution in [2.75, 3.05) is 7.05 Å². The standard InChI is InChI=1S/C18H21N3/c1-13-8-4-5-9-14(13)12-16(19-2)18-15-10-6-7-11-17(15)21(3)20-18/h4-11,16,19H,12H2,1-3H3. The highest BCUT2D eigenvalue weighted by Crippen LogP contribution is 2.26. The molecule has 1 aromatic heterocycles. The molecule has 0 fully saturated rings. The Hall–Kier alpha value is -2.13. The molecule has 1 N–H and O–H groups in total. The summed E-state index contributed by atoms with van der Waals surface area (Å²) >= 11 is 0. The van der Waals surface area contributed by atoms with Crippen LogP contribution in [-0.2, 0) is 13.5 Å². The molecule has 3 rings (SSSR count). The largest absolute Gasteiger partial charge is 0.311 e. The van der Waals surface area contributed by atoms with Crippen LogP contribution >= 0.6 is 0 Å². The van der Waals surface area contributed by atoms with Crippen LogP contribution in [-0.4, -0.2) is 16.8 Å². The Bertz CT molecular complexity index is 758. The monoisotopic (exact) mass is 279 g/mol. The molecule has 0 aliphatic heterocycles. The summed E-state index contributed by atoms with van der Waals surface area (Å²) in [6, 6.07) is 17.2. The molecule has 1 atom stereocenters. The molecule has 2 aromatic carbocycles. The summed E-state index contributed by atoms with van der Waals surface area (Å²) in [5, 5.41) is 9.39. The molecular formula is C18H21N3. The summed E-state index contributed by atoms with van der Waals surface area (Å²) in [5.74, 6) is 0. The van der Waals surface area contributed by atoms with Gasteiger partial charge < -0.3 is 5.32 Å². The number of aryl methyl sites for hydroxylation is 2. The predicted octanol–water partition coefficient (Wildman–Crippen LogP) is 3.38. The van der Waals surface area contributed by atoms with E-state index >= 15 is 0 Å². The second-order valence-electron chi connectivity index (χ2n) is 5.50. The molecule has 0 aliphatic rings. The molecule has 0 saturated carbocycles. The molecule has 108 valence electrons. The van der Waals surface area contributed by atoms with Gasteiger partial charge in [-0.3, -0.25) is 4.68 Å². The van der Waals surface area contributed by atoms with E-state index in [9.17, 15) is 0 Å². The van der Waals surface area contributed by atoms with E-state index in [-0.39, 0.29) is 6.04 Å². The van der Waals surface area contributed by atoms with Gasteiger partial charge in [0.2, 0.25) is 0 Å². The molecular weight excluding hydrogens is 258 g/mol. The van der Waals surface area contributed by atoms with Gasteiger partial charge in [0.15, 0.2) is 0 Å². The molecule has 3 aromatic rings. The van der Waals surface area contributed by atoms with Gasteiger partial charge in [-0.25, -0.2) is 0 Å². The lowest BCUT2D eigenvalue weighted by Gasteiger charge is -2.16. The number of nitrogens with one attached hydrogen (secondary N) is 1. The Kier molecular flexibility index (Phi) is 3.76. The van der Waals surface area contributed by atoms with E-state index in [0.717, 1.165) is 12.1 Å². The number of benzene rings is 2. The number of likely N-dealkylation sites (N-methyl/N-ethyl adjacent to an activating group) is 1. The lowest BCUT2D eigenvalue weighted by Crippen LogP contribution is -2.20.